The topological polar surface area (TPSA) is 52.3 Å². The van der Waals surface area contributed by atoms with Crippen molar-refractivity contribution < 1.29 is 0 Å². The highest BCUT2D eigenvalue weighted by molar-refractivity contribution is 7.09. The molecule has 0 radical (unpaired) electrons. The molecule has 1 atom stereocenters. The highest BCUT2D eigenvalue weighted by Crippen LogP contribution is 2.31. The second-order valence-electron chi connectivity index (χ2n) is 5.75. The average molecular weight is 324 g/mol. The Morgan fingerprint density at radius 2 is 2.09 bits per heavy atom. The van der Waals surface area contributed by atoms with Gasteiger partial charge in [-0.25, -0.2) is 4.98 Å². The summed E-state index contributed by atoms with van der Waals surface area (Å²) in [4.78, 5) is 11.4. The van der Waals surface area contributed by atoms with E-state index in [2.05, 4.69) is 33.1 Å². The SMILES string of the molecule is Cc1csc(C(C#N)C=Nc2ccccc2N2CCCCC2)n1. The third kappa shape index (κ3) is 3.77. The molecule has 3 rings (SSSR count). The Hall–Kier alpha value is -2.19. The first-order valence-corrected chi connectivity index (χ1v) is 8.85. The Kier molecular flexibility index (Phi) is 5.04. The van der Waals surface area contributed by atoms with Crippen LogP contribution in [0.5, 0.6) is 0 Å². The average Bonchev–Trinajstić information content (AvgIpc) is 3.03. The van der Waals surface area contributed by atoms with E-state index in [0.29, 0.717) is 0 Å². The molecule has 4 nitrogen and oxygen atoms in total. The van der Waals surface area contributed by atoms with Crippen LogP contribution in [0.4, 0.5) is 11.4 Å². The fourth-order valence-corrected chi connectivity index (χ4v) is 3.60. The summed E-state index contributed by atoms with van der Waals surface area (Å²) in [5.41, 5.74) is 3.05. The molecular weight excluding hydrogens is 304 g/mol. The summed E-state index contributed by atoms with van der Waals surface area (Å²) in [6, 6.07) is 10.5. The molecule has 1 aliphatic rings. The van der Waals surface area contributed by atoms with Crippen molar-refractivity contribution in [3.8, 4) is 6.07 Å². The Morgan fingerprint density at radius 3 is 2.78 bits per heavy atom. The molecular formula is C18H20N4S. The number of hydrogen-bond acceptors (Lipinski definition) is 5. The third-order valence-electron chi connectivity index (χ3n) is 3.98. The van der Waals surface area contributed by atoms with E-state index in [1.165, 1.54) is 30.6 Å². The minimum Gasteiger partial charge on any atom is -0.370 e. The van der Waals surface area contributed by atoms with Crippen LogP contribution in [0.2, 0.25) is 0 Å². The summed E-state index contributed by atoms with van der Waals surface area (Å²) in [7, 11) is 0. The maximum absolute atomic E-state index is 9.40. The summed E-state index contributed by atoms with van der Waals surface area (Å²) < 4.78 is 0. The number of nitriles is 1. The van der Waals surface area contributed by atoms with E-state index in [-0.39, 0.29) is 5.92 Å². The lowest BCUT2D eigenvalue weighted by Gasteiger charge is -2.29. The van der Waals surface area contributed by atoms with E-state index in [0.717, 1.165) is 35.2 Å². The predicted octanol–water partition coefficient (Wildman–Crippen LogP) is 4.45. The Balaban J connectivity index is 1.83. The molecule has 2 heterocycles. The number of benzene rings is 1. The van der Waals surface area contributed by atoms with Gasteiger partial charge in [-0.05, 0) is 38.3 Å². The van der Waals surface area contributed by atoms with Gasteiger partial charge in [0.25, 0.3) is 0 Å². The fourth-order valence-electron chi connectivity index (χ4n) is 2.80. The largest absolute Gasteiger partial charge is 0.370 e. The first-order chi connectivity index (χ1) is 11.3. The molecule has 0 bridgehead atoms. The van der Waals surface area contributed by atoms with Gasteiger partial charge in [-0.15, -0.1) is 11.3 Å². The number of aliphatic imine (C=N–C) groups is 1. The number of rotatable bonds is 4. The van der Waals surface area contributed by atoms with Crippen LogP contribution in [0.15, 0.2) is 34.6 Å². The lowest BCUT2D eigenvalue weighted by atomic mass is 10.1. The molecule has 1 aromatic heterocycles. The van der Waals surface area contributed by atoms with Crippen LogP contribution < -0.4 is 4.90 Å². The van der Waals surface area contributed by atoms with Crippen molar-refractivity contribution >= 4 is 28.9 Å². The Morgan fingerprint density at radius 1 is 1.30 bits per heavy atom. The molecule has 1 aromatic carbocycles. The smallest absolute Gasteiger partial charge is 0.133 e. The van der Waals surface area contributed by atoms with Gasteiger partial charge in [-0.1, -0.05) is 12.1 Å². The first-order valence-electron chi connectivity index (χ1n) is 7.98. The van der Waals surface area contributed by atoms with Gasteiger partial charge in [-0.2, -0.15) is 5.26 Å². The number of nitrogens with zero attached hydrogens (tertiary/aromatic N) is 4. The number of aryl methyl sites for hydroxylation is 1. The van der Waals surface area contributed by atoms with Crippen LogP contribution in [0.1, 0.15) is 35.9 Å². The molecule has 5 heteroatoms. The van der Waals surface area contributed by atoms with Crippen molar-refractivity contribution in [2.75, 3.05) is 18.0 Å². The Bertz CT molecular complexity index is 723. The minimum atomic E-state index is -0.386. The number of piperidine rings is 1. The van der Waals surface area contributed by atoms with Gasteiger partial charge in [0.1, 0.15) is 10.9 Å². The third-order valence-corrected chi connectivity index (χ3v) is 5.03. The lowest BCUT2D eigenvalue weighted by Crippen LogP contribution is -2.29. The summed E-state index contributed by atoms with van der Waals surface area (Å²) in [6.07, 6.45) is 5.50. The number of hydrogen-bond donors (Lipinski definition) is 0. The maximum atomic E-state index is 9.40. The van der Waals surface area contributed by atoms with Crippen molar-refractivity contribution in [2.45, 2.75) is 32.1 Å². The van der Waals surface area contributed by atoms with Gasteiger partial charge in [0.15, 0.2) is 0 Å². The second kappa shape index (κ2) is 7.38. The summed E-state index contributed by atoms with van der Waals surface area (Å²) in [5.74, 6) is -0.386. The Labute approximate surface area is 141 Å². The molecule has 1 fully saturated rings. The van der Waals surface area contributed by atoms with Gasteiger partial charge < -0.3 is 4.90 Å². The van der Waals surface area contributed by atoms with Gasteiger partial charge in [0.05, 0.1) is 17.4 Å². The second-order valence-corrected chi connectivity index (χ2v) is 6.64. The zero-order valence-corrected chi connectivity index (χ0v) is 14.1. The van der Waals surface area contributed by atoms with Crippen LogP contribution in [-0.2, 0) is 0 Å². The lowest BCUT2D eigenvalue weighted by molar-refractivity contribution is 0.578. The number of thiazole rings is 1. The van der Waals surface area contributed by atoms with E-state index in [1.54, 1.807) is 6.21 Å². The molecule has 0 N–H and O–H groups in total. The summed E-state index contributed by atoms with van der Waals surface area (Å²) in [5, 5.41) is 12.2. The van der Waals surface area contributed by atoms with Crippen molar-refractivity contribution in [3.63, 3.8) is 0 Å². The molecule has 0 saturated carbocycles. The molecule has 0 spiro atoms. The molecule has 1 saturated heterocycles. The van der Waals surface area contributed by atoms with Gasteiger partial charge in [-0.3, -0.25) is 4.99 Å². The van der Waals surface area contributed by atoms with Crippen molar-refractivity contribution in [3.05, 3.63) is 40.3 Å². The number of anilines is 1. The van der Waals surface area contributed by atoms with Crippen LogP contribution in [0.3, 0.4) is 0 Å². The van der Waals surface area contributed by atoms with Crippen LogP contribution in [0.25, 0.3) is 0 Å². The molecule has 0 aliphatic carbocycles. The van der Waals surface area contributed by atoms with E-state index in [4.69, 9.17) is 0 Å². The number of para-hydroxylation sites is 2. The quantitative estimate of drug-likeness (QED) is 0.781. The molecule has 1 unspecified atom stereocenters. The molecule has 23 heavy (non-hydrogen) atoms. The predicted molar refractivity (Wildman–Crippen MR) is 95.9 cm³/mol. The van der Waals surface area contributed by atoms with E-state index in [1.807, 2.05) is 24.4 Å². The standard InChI is InChI=1S/C18H20N4S/c1-14-13-23-18(21-14)15(11-19)12-20-16-7-3-4-8-17(16)22-9-5-2-6-10-22/h3-4,7-8,12-13,15H,2,5-6,9-10H2,1H3. The van der Waals surface area contributed by atoms with Crippen molar-refractivity contribution in [2.24, 2.45) is 4.99 Å². The first kappa shape index (κ1) is 15.7. The molecule has 2 aromatic rings. The van der Waals surface area contributed by atoms with Gasteiger partial charge in [0.2, 0.25) is 0 Å². The van der Waals surface area contributed by atoms with Crippen LogP contribution in [0, 0.1) is 18.3 Å². The number of aromatic nitrogens is 1. The van der Waals surface area contributed by atoms with Crippen molar-refractivity contribution in [1.29, 1.82) is 5.26 Å². The molecule has 1 aliphatic heterocycles. The summed E-state index contributed by atoms with van der Waals surface area (Å²) >= 11 is 1.51. The van der Waals surface area contributed by atoms with Gasteiger partial charge in [0, 0.05) is 30.4 Å². The van der Waals surface area contributed by atoms with Crippen LogP contribution >= 0.6 is 11.3 Å². The van der Waals surface area contributed by atoms with Crippen molar-refractivity contribution in [1.82, 2.24) is 4.98 Å². The van der Waals surface area contributed by atoms with Gasteiger partial charge >= 0.3 is 0 Å². The maximum Gasteiger partial charge on any atom is 0.133 e. The van der Waals surface area contributed by atoms with E-state index in [9.17, 15) is 5.26 Å². The molecule has 0 amide bonds. The minimum absolute atomic E-state index is 0.386. The highest BCUT2D eigenvalue weighted by atomic mass is 32.1. The normalized spacial score (nSPS) is 16.4. The summed E-state index contributed by atoms with van der Waals surface area (Å²) in [6.45, 7) is 4.11. The van der Waals surface area contributed by atoms with E-state index >= 15 is 0 Å². The fraction of sp³-hybridized carbons (Fsp3) is 0.389. The highest BCUT2D eigenvalue weighted by Gasteiger charge is 2.15. The zero-order chi connectivity index (χ0) is 16.1. The monoisotopic (exact) mass is 324 g/mol. The zero-order valence-electron chi connectivity index (χ0n) is 13.3. The van der Waals surface area contributed by atoms with Crippen LogP contribution in [-0.4, -0.2) is 24.3 Å². The molecule has 118 valence electrons. The van der Waals surface area contributed by atoms with E-state index < -0.39 is 0 Å².